The number of aryl methyl sites for hydroxylation is 2. The molecule has 26 heavy (non-hydrogen) atoms. The van der Waals surface area contributed by atoms with E-state index < -0.39 is 24.9 Å². The number of nitrogens with zero attached hydrogens (tertiary/aromatic N) is 3. The van der Waals surface area contributed by atoms with Crippen LogP contribution >= 0.6 is 0 Å². The Morgan fingerprint density at radius 1 is 1.19 bits per heavy atom. The minimum absolute atomic E-state index is 0.242. The van der Waals surface area contributed by atoms with Gasteiger partial charge in [-0.25, -0.2) is 0 Å². The second-order valence-electron chi connectivity index (χ2n) is 6.31. The summed E-state index contributed by atoms with van der Waals surface area (Å²) >= 11 is 0. The smallest absolute Gasteiger partial charge is 0.367 e. The Bertz CT molecular complexity index is 683. The number of carbonyl (C=O) groups excluding carboxylic acids is 2. The highest BCUT2D eigenvalue weighted by Gasteiger charge is 2.30. The van der Waals surface area contributed by atoms with Gasteiger partial charge in [-0.2, -0.15) is 13.2 Å². The summed E-state index contributed by atoms with van der Waals surface area (Å²) in [6, 6.07) is 1.82. The van der Waals surface area contributed by atoms with Crippen molar-refractivity contribution in [2.45, 2.75) is 32.9 Å². The Labute approximate surface area is 150 Å². The van der Waals surface area contributed by atoms with Crippen molar-refractivity contribution in [2.75, 3.05) is 38.1 Å². The standard InChI is InChI=1S/C17H23F3N4O2/c1-11-10-13(15(12(2)22-11)16(26)21-3)23-6-8-24(9-7-23)14(25)4-5-17(18,19)20/h10H,4-9H2,1-3H3,(H,21,26). The van der Waals surface area contributed by atoms with Gasteiger partial charge in [0.25, 0.3) is 5.91 Å². The van der Waals surface area contributed by atoms with Gasteiger partial charge in [-0.05, 0) is 19.9 Å². The fourth-order valence-corrected chi connectivity index (χ4v) is 3.07. The molecule has 0 saturated carbocycles. The first-order valence-electron chi connectivity index (χ1n) is 8.42. The maximum absolute atomic E-state index is 12.3. The topological polar surface area (TPSA) is 65.5 Å². The molecule has 1 aliphatic heterocycles. The number of pyridine rings is 1. The summed E-state index contributed by atoms with van der Waals surface area (Å²) in [6.45, 7) is 5.14. The van der Waals surface area contributed by atoms with Crippen LogP contribution in [0.1, 0.15) is 34.6 Å². The van der Waals surface area contributed by atoms with Crippen LogP contribution < -0.4 is 10.2 Å². The lowest BCUT2D eigenvalue weighted by Crippen LogP contribution is -2.49. The van der Waals surface area contributed by atoms with Gasteiger partial charge in [0.2, 0.25) is 5.91 Å². The SMILES string of the molecule is CNC(=O)c1c(N2CCN(C(=O)CCC(F)(F)F)CC2)cc(C)nc1C. The van der Waals surface area contributed by atoms with Crippen molar-refractivity contribution in [2.24, 2.45) is 0 Å². The zero-order valence-corrected chi connectivity index (χ0v) is 15.1. The summed E-state index contributed by atoms with van der Waals surface area (Å²) in [4.78, 5) is 31.9. The van der Waals surface area contributed by atoms with Crippen LogP contribution in [0.2, 0.25) is 0 Å². The maximum Gasteiger partial charge on any atom is 0.389 e. The molecule has 0 aliphatic carbocycles. The molecule has 2 amide bonds. The second-order valence-corrected chi connectivity index (χ2v) is 6.31. The van der Waals surface area contributed by atoms with Crippen LogP contribution in [0.25, 0.3) is 0 Å². The molecule has 2 heterocycles. The Hall–Kier alpha value is -2.32. The van der Waals surface area contributed by atoms with Crippen LogP contribution in [-0.4, -0.2) is 61.1 Å². The van der Waals surface area contributed by atoms with Gasteiger partial charge in [0.1, 0.15) is 0 Å². The lowest BCUT2D eigenvalue weighted by molar-refractivity contribution is -0.149. The van der Waals surface area contributed by atoms with Crippen molar-refractivity contribution in [1.29, 1.82) is 0 Å². The first-order chi connectivity index (χ1) is 12.1. The number of anilines is 1. The van der Waals surface area contributed by atoms with Crippen molar-refractivity contribution in [3.8, 4) is 0 Å². The first-order valence-corrected chi connectivity index (χ1v) is 8.42. The van der Waals surface area contributed by atoms with Crippen molar-refractivity contribution in [1.82, 2.24) is 15.2 Å². The second kappa shape index (κ2) is 7.92. The Kier molecular flexibility index (Phi) is 6.09. The van der Waals surface area contributed by atoms with E-state index in [1.54, 1.807) is 14.0 Å². The zero-order chi connectivity index (χ0) is 19.5. The van der Waals surface area contributed by atoms with Gasteiger partial charge in [0.05, 0.1) is 23.4 Å². The van der Waals surface area contributed by atoms with Crippen LogP contribution in [0.5, 0.6) is 0 Å². The fraction of sp³-hybridized carbons (Fsp3) is 0.588. The summed E-state index contributed by atoms with van der Waals surface area (Å²) in [6.07, 6.45) is -5.96. The van der Waals surface area contributed by atoms with Gasteiger partial charge in [-0.3, -0.25) is 14.6 Å². The molecule has 0 atom stereocenters. The number of halogens is 3. The first kappa shape index (κ1) is 20.0. The van der Waals surface area contributed by atoms with E-state index in [0.29, 0.717) is 37.4 Å². The molecule has 0 bridgehead atoms. The van der Waals surface area contributed by atoms with E-state index in [1.165, 1.54) is 4.90 Å². The highest BCUT2D eigenvalue weighted by atomic mass is 19.4. The van der Waals surface area contributed by atoms with E-state index in [-0.39, 0.29) is 5.91 Å². The number of amides is 2. The van der Waals surface area contributed by atoms with Gasteiger partial charge in [0.15, 0.2) is 0 Å². The maximum atomic E-state index is 12.3. The van der Waals surface area contributed by atoms with Crippen molar-refractivity contribution < 1.29 is 22.8 Å². The number of nitrogens with one attached hydrogen (secondary N) is 1. The fourth-order valence-electron chi connectivity index (χ4n) is 3.07. The number of alkyl halides is 3. The van der Waals surface area contributed by atoms with E-state index >= 15 is 0 Å². The van der Waals surface area contributed by atoms with Crippen LogP contribution in [-0.2, 0) is 4.79 Å². The van der Waals surface area contributed by atoms with Crippen molar-refractivity contribution in [3.05, 3.63) is 23.0 Å². The van der Waals surface area contributed by atoms with Crippen LogP contribution in [0.3, 0.4) is 0 Å². The molecule has 1 saturated heterocycles. The Balaban J connectivity index is 2.08. The van der Waals surface area contributed by atoms with E-state index in [4.69, 9.17) is 0 Å². The minimum Gasteiger partial charge on any atom is -0.367 e. The highest BCUT2D eigenvalue weighted by Crippen LogP contribution is 2.26. The molecule has 2 rings (SSSR count). The van der Waals surface area contributed by atoms with Gasteiger partial charge >= 0.3 is 6.18 Å². The summed E-state index contributed by atoms with van der Waals surface area (Å²) < 4.78 is 36.8. The number of rotatable bonds is 4. The summed E-state index contributed by atoms with van der Waals surface area (Å²) in [5.41, 5.74) is 2.60. The predicted octanol–water partition coefficient (Wildman–Crippen LogP) is 2.05. The number of hydrogen-bond donors (Lipinski definition) is 1. The van der Waals surface area contributed by atoms with Gasteiger partial charge in [-0.1, -0.05) is 0 Å². The third-order valence-electron chi connectivity index (χ3n) is 4.36. The lowest BCUT2D eigenvalue weighted by Gasteiger charge is -2.37. The van der Waals surface area contributed by atoms with Crippen LogP contribution in [0, 0.1) is 13.8 Å². The summed E-state index contributed by atoms with van der Waals surface area (Å²) in [5.74, 6) is -0.732. The van der Waals surface area contributed by atoms with E-state index in [2.05, 4.69) is 10.3 Å². The zero-order valence-electron chi connectivity index (χ0n) is 15.1. The predicted molar refractivity (Wildman–Crippen MR) is 91.2 cm³/mol. The summed E-state index contributed by atoms with van der Waals surface area (Å²) in [7, 11) is 1.54. The molecule has 0 aromatic carbocycles. The molecule has 0 radical (unpaired) electrons. The normalized spacial score (nSPS) is 15.2. The molecule has 1 aliphatic rings. The van der Waals surface area contributed by atoms with Crippen molar-refractivity contribution >= 4 is 17.5 Å². The number of aromatic nitrogens is 1. The lowest BCUT2D eigenvalue weighted by atomic mass is 10.1. The van der Waals surface area contributed by atoms with E-state index in [1.807, 2.05) is 17.9 Å². The van der Waals surface area contributed by atoms with Crippen LogP contribution in [0.4, 0.5) is 18.9 Å². The molecule has 1 aromatic rings. The quantitative estimate of drug-likeness (QED) is 0.879. The van der Waals surface area contributed by atoms with Gasteiger partial charge in [-0.15, -0.1) is 0 Å². The molecule has 6 nitrogen and oxygen atoms in total. The van der Waals surface area contributed by atoms with Crippen molar-refractivity contribution in [3.63, 3.8) is 0 Å². The third-order valence-corrected chi connectivity index (χ3v) is 4.36. The number of hydrogen-bond acceptors (Lipinski definition) is 4. The molecule has 9 heteroatoms. The molecular formula is C17H23F3N4O2. The average Bonchev–Trinajstić information content (AvgIpc) is 2.58. The molecule has 1 aromatic heterocycles. The molecule has 0 unspecified atom stereocenters. The minimum atomic E-state index is -4.33. The van der Waals surface area contributed by atoms with Gasteiger partial charge in [0, 0.05) is 45.3 Å². The number of carbonyl (C=O) groups is 2. The third kappa shape index (κ3) is 4.86. The van der Waals surface area contributed by atoms with Gasteiger partial charge < -0.3 is 15.1 Å². The average molecular weight is 372 g/mol. The van der Waals surface area contributed by atoms with E-state index in [9.17, 15) is 22.8 Å². The monoisotopic (exact) mass is 372 g/mol. The van der Waals surface area contributed by atoms with E-state index in [0.717, 1.165) is 11.4 Å². The molecule has 0 spiro atoms. The highest BCUT2D eigenvalue weighted by molar-refractivity contribution is 6.00. The molecule has 1 fully saturated rings. The Morgan fingerprint density at radius 3 is 2.35 bits per heavy atom. The van der Waals surface area contributed by atoms with Crippen LogP contribution in [0.15, 0.2) is 6.07 Å². The number of piperazine rings is 1. The Morgan fingerprint density at radius 2 is 1.81 bits per heavy atom. The molecule has 1 N–H and O–H groups in total. The molecular weight excluding hydrogens is 349 g/mol. The summed E-state index contributed by atoms with van der Waals surface area (Å²) in [5, 5.41) is 2.60. The molecule has 144 valence electrons. The largest absolute Gasteiger partial charge is 0.389 e.